The normalized spacial score (nSPS) is 12.1. The van der Waals surface area contributed by atoms with Crippen LogP contribution < -0.4 is 5.32 Å². The van der Waals surface area contributed by atoms with Gasteiger partial charge in [-0.3, -0.25) is 4.79 Å². The van der Waals surface area contributed by atoms with Gasteiger partial charge in [0.15, 0.2) is 11.0 Å². The predicted octanol–water partition coefficient (Wildman–Crippen LogP) is 3.73. The molecule has 1 amide bonds. The van der Waals surface area contributed by atoms with E-state index in [1.807, 2.05) is 66.4 Å². The number of thioether (sulfide) groups is 1. The van der Waals surface area contributed by atoms with E-state index in [0.29, 0.717) is 6.54 Å². The summed E-state index contributed by atoms with van der Waals surface area (Å²) in [4.78, 5) is 13.6. The minimum absolute atomic E-state index is 0.0250. The summed E-state index contributed by atoms with van der Waals surface area (Å²) in [6, 6.07) is 13.9. The first-order chi connectivity index (χ1) is 12.2. The van der Waals surface area contributed by atoms with Crippen LogP contribution >= 0.6 is 23.1 Å². The van der Waals surface area contributed by atoms with Gasteiger partial charge in [0.2, 0.25) is 5.91 Å². The van der Waals surface area contributed by atoms with Gasteiger partial charge in [-0.2, -0.15) is 0 Å². The van der Waals surface area contributed by atoms with Gasteiger partial charge in [-0.05, 0) is 23.4 Å². The van der Waals surface area contributed by atoms with Crippen LogP contribution in [0.5, 0.6) is 0 Å². The Labute approximate surface area is 155 Å². The van der Waals surface area contributed by atoms with Crippen LogP contribution in [0, 0.1) is 0 Å². The molecule has 3 aromatic rings. The van der Waals surface area contributed by atoms with Gasteiger partial charge in [-0.15, -0.1) is 21.5 Å². The Morgan fingerprint density at radius 2 is 2.04 bits per heavy atom. The Morgan fingerprint density at radius 1 is 1.24 bits per heavy atom. The second-order valence-corrected chi connectivity index (χ2v) is 7.68. The van der Waals surface area contributed by atoms with E-state index in [0.717, 1.165) is 27.8 Å². The van der Waals surface area contributed by atoms with Crippen LogP contribution in [0.4, 0.5) is 0 Å². The van der Waals surface area contributed by atoms with Crippen molar-refractivity contribution in [3.05, 3.63) is 53.4 Å². The topological polar surface area (TPSA) is 59.8 Å². The summed E-state index contributed by atoms with van der Waals surface area (Å²) in [7, 11) is 1.94. The molecule has 1 unspecified atom stereocenters. The molecule has 0 fully saturated rings. The number of carbonyl (C=O) groups excluding carboxylic acids is 1. The van der Waals surface area contributed by atoms with Crippen molar-refractivity contribution < 1.29 is 4.79 Å². The fraction of sp³-hybridized carbons (Fsp3) is 0.278. The Morgan fingerprint density at radius 3 is 2.72 bits per heavy atom. The molecule has 0 aliphatic carbocycles. The SMILES string of the molecule is CCC(Sc1nnc(-c2cccs2)n1C)C(=O)NCc1ccccc1. The molecule has 1 aromatic carbocycles. The first-order valence-corrected chi connectivity index (χ1v) is 9.86. The Balaban J connectivity index is 1.65. The maximum atomic E-state index is 12.5. The van der Waals surface area contributed by atoms with E-state index in [1.54, 1.807) is 11.3 Å². The molecule has 0 radical (unpaired) electrons. The zero-order chi connectivity index (χ0) is 17.6. The van der Waals surface area contributed by atoms with Crippen molar-refractivity contribution in [1.82, 2.24) is 20.1 Å². The fourth-order valence-electron chi connectivity index (χ4n) is 2.39. The van der Waals surface area contributed by atoms with Crippen molar-refractivity contribution in [2.24, 2.45) is 7.05 Å². The highest BCUT2D eigenvalue weighted by Gasteiger charge is 2.21. The highest BCUT2D eigenvalue weighted by molar-refractivity contribution is 8.00. The average Bonchev–Trinajstić information content (AvgIpc) is 3.28. The van der Waals surface area contributed by atoms with Crippen molar-refractivity contribution in [1.29, 1.82) is 0 Å². The van der Waals surface area contributed by atoms with Crippen molar-refractivity contribution in [3.8, 4) is 10.7 Å². The van der Waals surface area contributed by atoms with Gasteiger partial charge in [-0.1, -0.05) is 55.1 Å². The number of hydrogen-bond donors (Lipinski definition) is 1. The van der Waals surface area contributed by atoms with Crippen LogP contribution in [0.2, 0.25) is 0 Å². The molecule has 2 heterocycles. The number of thiophene rings is 1. The van der Waals surface area contributed by atoms with Gasteiger partial charge < -0.3 is 9.88 Å². The third-order valence-electron chi connectivity index (χ3n) is 3.80. The summed E-state index contributed by atoms with van der Waals surface area (Å²) in [5, 5.41) is 14.1. The largest absolute Gasteiger partial charge is 0.351 e. The maximum absolute atomic E-state index is 12.5. The maximum Gasteiger partial charge on any atom is 0.233 e. The van der Waals surface area contributed by atoms with Crippen LogP contribution in [0.15, 0.2) is 53.0 Å². The molecule has 5 nitrogen and oxygen atoms in total. The number of nitrogens with zero attached hydrogens (tertiary/aromatic N) is 3. The van der Waals surface area contributed by atoms with Gasteiger partial charge >= 0.3 is 0 Å². The van der Waals surface area contributed by atoms with Crippen molar-refractivity contribution >= 4 is 29.0 Å². The lowest BCUT2D eigenvalue weighted by atomic mass is 10.2. The summed E-state index contributed by atoms with van der Waals surface area (Å²) in [5.41, 5.74) is 1.09. The van der Waals surface area contributed by atoms with Gasteiger partial charge in [0.05, 0.1) is 10.1 Å². The van der Waals surface area contributed by atoms with E-state index in [4.69, 9.17) is 0 Å². The molecule has 2 aromatic heterocycles. The Hall–Kier alpha value is -2.12. The van der Waals surface area contributed by atoms with Gasteiger partial charge in [-0.25, -0.2) is 0 Å². The van der Waals surface area contributed by atoms with Crippen LogP contribution in [-0.4, -0.2) is 25.9 Å². The lowest BCUT2D eigenvalue weighted by Crippen LogP contribution is -2.32. The number of hydrogen-bond acceptors (Lipinski definition) is 5. The summed E-state index contributed by atoms with van der Waals surface area (Å²) >= 11 is 3.09. The molecular weight excluding hydrogens is 352 g/mol. The number of aromatic nitrogens is 3. The summed E-state index contributed by atoms with van der Waals surface area (Å²) in [6.45, 7) is 2.55. The Bertz CT molecular complexity index is 815. The molecule has 0 aliphatic heterocycles. The van der Waals surface area contributed by atoms with Gasteiger partial charge in [0, 0.05) is 13.6 Å². The molecule has 0 bridgehead atoms. The minimum atomic E-state index is -0.192. The molecule has 130 valence electrons. The van der Waals surface area contributed by atoms with Crippen molar-refractivity contribution in [2.75, 3.05) is 0 Å². The van der Waals surface area contributed by atoms with Crippen molar-refractivity contribution in [3.63, 3.8) is 0 Å². The molecular formula is C18H20N4OS2. The first-order valence-electron chi connectivity index (χ1n) is 8.10. The van der Waals surface area contributed by atoms with Crippen LogP contribution in [-0.2, 0) is 18.4 Å². The third kappa shape index (κ3) is 4.29. The minimum Gasteiger partial charge on any atom is -0.351 e. The number of benzene rings is 1. The molecule has 0 aliphatic rings. The smallest absolute Gasteiger partial charge is 0.233 e. The van der Waals surface area contributed by atoms with Crippen LogP contribution in [0.1, 0.15) is 18.9 Å². The van der Waals surface area contributed by atoms with Crippen LogP contribution in [0.3, 0.4) is 0 Å². The number of carbonyl (C=O) groups is 1. The van der Waals surface area contributed by atoms with E-state index in [1.165, 1.54) is 11.8 Å². The summed E-state index contributed by atoms with van der Waals surface area (Å²) in [5.74, 6) is 0.856. The summed E-state index contributed by atoms with van der Waals surface area (Å²) < 4.78 is 1.95. The van der Waals surface area contributed by atoms with E-state index in [-0.39, 0.29) is 11.2 Å². The fourth-order valence-corrected chi connectivity index (χ4v) is 4.07. The second-order valence-electron chi connectivity index (χ2n) is 5.56. The molecule has 3 rings (SSSR count). The molecule has 0 spiro atoms. The highest BCUT2D eigenvalue weighted by atomic mass is 32.2. The number of rotatable bonds is 7. The molecule has 25 heavy (non-hydrogen) atoms. The van der Waals surface area contributed by atoms with E-state index in [2.05, 4.69) is 15.5 Å². The molecule has 7 heteroatoms. The van der Waals surface area contributed by atoms with Crippen LogP contribution in [0.25, 0.3) is 10.7 Å². The second kappa shape index (κ2) is 8.31. The van der Waals surface area contributed by atoms with E-state index >= 15 is 0 Å². The number of nitrogens with one attached hydrogen (secondary N) is 1. The molecule has 0 saturated heterocycles. The van der Waals surface area contributed by atoms with Gasteiger partial charge in [0.1, 0.15) is 0 Å². The van der Waals surface area contributed by atoms with E-state index in [9.17, 15) is 4.79 Å². The van der Waals surface area contributed by atoms with E-state index < -0.39 is 0 Å². The Kier molecular flexibility index (Phi) is 5.88. The third-order valence-corrected chi connectivity index (χ3v) is 6.06. The van der Waals surface area contributed by atoms with Crippen molar-refractivity contribution in [2.45, 2.75) is 30.3 Å². The monoisotopic (exact) mass is 372 g/mol. The molecule has 1 N–H and O–H groups in total. The number of amides is 1. The molecule has 1 atom stereocenters. The zero-order valence-electron chi connectivity index (χ0n) is 14.2. The summed E-state index contributed by atoms with van der Waals surface area (Å²) in [6.07, 6.45) is 0.729. The lowest BCUT2D eigenvalue weighted by molar-refractivity contribution is -0.120. The quantitative estimate of drug-likeness (QED) is 0.642. The standard InChI is InChI=1S/C18H20N4OS2/c1-3-14(17(23)19-12-13-8-5-4-6-9-13)25-18-21-20-16(22(18)2)15-10-7-11-24-15/h4-11,14H,3,12H2,1-2H3,(H,19,23). The first kappa shape index (κ1) is 17.7. The average molecular weight is 373 g/mol. The predicted molar refractivity (Wildman–Crippen MR) is 103 cm³/mol. The molecule has 0 saturated carbocycles. The lowest BCUT2D eigenvalue weighted by Gasteiger charge is -2.14. The van der Waals surface area contributed by atoms with Gasteiger partial charge in [0.25, 0.3) is 0 Å². The zero-order valence-corrected chi connectivity index (χ0v) is 15.8. The highest BCUT2D eigenvalue weighted by Crippen LogP contribution is 2.29.